The first kappa shape index (κ1) is 7.29. The minimum atomic E-state index is 0.405. The van der Waals surface area contributed by atoms with Gasteiger partial charge in [-0.15, -0.1) is 0 Å². The van der Waals surface area contributed by atoms with Crippen molar-refractivity contribution in [1.82, 2.24) is 5.32 Å². The van der Waals surface area contributed by atoms with Crippen LogP contribution in [0.3, 0.4) is 0 Å². The number of carbonyl (C=O) groups is 1. The largest absolute Gasteiger partial charge is 0.306 e. The molecule has 0 aromatic heterocycles. The molecule has 62 valence electrons. The Balaban J connectivity index is 1.90. The predicted octanol–water partition coefficient (Wildman–Crippen LogP) is 1.11. The van der Waals surface area contributed by atoms with Gasteiger partial charge in [0, 0.05) is 12.5 Å². The van der Waals surface area contributed by atoms with E-state index in [1.807, 2.05) is 0 Å². The van der Waals surface area contributed by atoms with E-state index < -0.39 is 0 Å². The molecule has 2 rings (SSSR count). The topological polar surface area (TPSA) is 29.1 Å². The van der Waals surface area contributed by atoms with Gasteiger partial charge >= 0.3 is 0 Å². The summed E-state index contributed by atoms with van der Waals surface area (Å²) < 4.78 is 0. The van der Waals surface area contributed by atoms with Crippen molar-refractivity contribution < 1.29 is 4.79 Å². The third-order valence-electron chi connectivity index (χ3n) is 2.98. The molecular weight excluding hydrogens is 138 g/mol. The van der Waals surface area contributed by atoms with E-state index in [0.717, 1.165) is 12.3 Å². The van der Waals surface area contributed by atoms with Crippen LogP contribution >= 0.6 is 0 Å². The van der Waals surface area contributed by atoms with Crippen molar-refractivity contribution in [2.45, 2.75) is 38.1 Å². The summed E-state index contributed by atoms with van der Waals surface area (Å²) in [4.78, 5) is 10.9. The van der Waals surface area contributed by atoms with Gasteiger partial charge in [0.2, 0.25) is 0 Å². The van der Waals surface area contributed by atoms with E-state index in [9.17, 15) is 4.79 Å². The van der Waals surface area contributed by atoms with Crippen LogP contribution in [0.15, 0.2) is 0 Å². The van der Waals surface area contributed by atoms with E-state index in [1.54, 1.807) is 0 Å². The number of hydrogen-bond donors (Lipinski definition) is 1. The Morgan fingerprint density at radius 3 is 2.55 bits per heavy atom. The van der Waals surface area contributed by atoms with Gasteiger partial charge in [-0.2, -0.15) is 0 Å². The highest BCUT2D eigenvalue weighted by Gasteiger charge is 2.30. The fourth-order valence-electron chi connectivity index (χ4n) is 2.33. The molecule has 0 amide bonds. The van der Waals surface area contributed by atoms with E-state index in [2.05, 4.69) is 5.32 Å². The van der Waals surface area contributed by atoms with Crippen molar-refractivity contribution in [1.29, 1.82) is 0 Å². The monoisotopic (exact) mass is 153 g/mol. The summed E-state index contributed by atoms with van der Waals surface area (Å²) in [7, 11) is 0. The molecule has 2 nitrogen and oxygen atoms in total. The fraction of sp³-hybridized carbons (Fsp3) is 0.889. The van der Waals surface area contributed by atoms with Crippen LogP contribution in [0.2, 0.25) is 0 Å². The first-order valence-electron chi connectivity index (χ1n) is 4.61. The molecule has 0 bridgehead atoms. The van der Waals surface area contributed by atoms with Gasteiger partial charge in [0.1, 0.15) is 5.78 Å². The minimum absolute atomic E-state index is 0.405. The van der Waals surface area contributed by atoms with Gasteiger partial charge in [-0.05, 0) is 18.8 Å². The zero-order chi connectivity index (χ0) is 7.68. The molecule has 2 fully saturated rings. The van der Waals surface area contributed by atoms with Crippen LogP contribution in [0.5, 0.6) is 0 Å². The van der Waals surface area contributed by atoms with E-state index >= 15 is 0 Å². The summed E-state index contributed by atoms with van der Waals surface area (Å²) in [6, 6.07) is 0.532. The molecule has 1 saturated carbocycles. The molecule has 0 aromatic rings. The highest BCUT2D eigenvalue weighted by Crippen LogP contribution is 2.30. The summed E-state index contributed by atoms with van der Waals surface area (Å²) in [5.74, 6) is 1.21. The normalized spacial score (nSPS) is 33.5. The van der Waals surface area contributed by atoms with E-state index in [-0.39, 0.29) is 0 Å². The quantitative estimate of drug-likeness (QED) is 0.611. The molecule has 1 aliphatic carbocycles. The molecule has 1 atom stereocenters. The van der Waals surface area contributed by atoms with Gasteiger partial charge in [-0.3, -0.25) is 4.79 Å². The van der Waals surface area contributed by atoms with Gasteiger partial charge in [-0.25, -0.2) is 0 Å². The maximum Gasteiger partial charge on any atom is 0.148 e. The fourth-order valence-corrected chi connectivity index (χ4v) is 2.33. The number of hydrogen-bond acceptors (Lipinski definition) is 2. The Hall–Kier alpha value is -0.370. The van der Waals surface area contributed by atoms with Crippen LogP contribution in [-0.4, -0.2) is 18.4 Å². The van der Waals surface area contributed by atoms with Gasteiger partial charge in [0.15, 0.2) is 0 Å². The zero-order valence-corrected chi connectivity index (χ0v) is 6.81. The van der Waals surface area contributed by atoms with Gasteiger partial charge < -0.3 is 5.32 Å². The molecule has 1 N–H and O–H groups in total. The molecular formula is C9H15NO. The SMILES string of the molecule is O=C1CNC(C2CCCC2)C1. The summed E-state index contributed by atoms with van der Waals surface area (Å²) in [5.41, 5.74) is 0. The Kier molecular flexibility index (Phi) is 1.95. The molecule has 1 saturated heterocycles. The van der Waals surface area contributed by atoms with Crippen molar-refractivity contribution >= 4 is 5.78 Å². The van der Waals surface area contributed by atoms with Gasteiger partial charge in [0.25, 0.3) is 0 Å². The molecule has 0 spiro atoms. The zero-order valence-electron chi connectivity index (χ0n) is 6.81. The summed E-state index contributed by atoms with van der Waals surface area (Å²) in [5, 5.41) is 3.30. The molecule has 2 heteroatoms. The first-order chi connectivity index (χ1) is 5.36. The van der Waals surface area contributed by atoms with Crippen molar-refractivity contribution in [2.24, 2.45) is 5.92 Å². The first-order valence-corrected chi connectivity index (χ1v) is 4.61. The Bertz CT molecular complexity index is 161. The van der Waals surface area contributed by atoms with Crippen LogP contribution < -0.4 is 5.32 Å². The number of Topliss-reactive ketones (excluding diaryl/α,β-unsaturated/α-hetero) is 1. The smallest absolute Gasteiger partial charge is 0.148 e. The minimum Gasteiger partial charge on any atom is -0.306 e. The second-order valence-electron chi connectivity index (χ2n) is 3.77. The lowest BCUT2D eigenvalue weighted by Crippen LogP contribution is -2.28. The highest BCUT2D eigenvalue weighted by atomic mass is 16.1. The van der Waals surface area contributed by atoms with E-state index in [1.165, 1.54) is 25.7 Å². The molecule has 0 aromatic carbocycles. The molecule has 0 radical (unpaired) electrons. The van der Waals surface area contributed by atoms with Crippen molar-refractivity contribution in [3.63, 3.8) is 0 Å². The summed E-state index contributed by atoms with van der Waals surface area (Å²) in [6.07, 6.45) is 6.22. The Morgan fingerprint density at radius 2 is 2.00 bits per heavy atom. The van der Waals surface area contributed by atoms with Crippen molar-refractivity contribution in [2.75, 3.05) is 6.54 Å². The third kappa shape index (κ3) is 1.45. The van der Waals surface area contributed by atoms with Crippen LogP contribution in [0, 0.1) is 5.92 Å². The average molecular weight is 153 g/mol. The average Bonchev–Trinajstić information content (AvgIpc) is 2.55. The number of carbonyl (C=O) groups excluding carboxylic acids is 1. The molecule has 1 heterocycles. The molecule has 1 unspecified atom stereocenters. The third-order valence-corrected chi connectivity index (χ3v) is 2.98. The predicted molar refractivity (Wildman–Crippen MR) is 43.4 cm³/mol. The lowest BCUT2D eigenvalue weighted by molar-refractivity contribution is -0.116. The lowest BCUT2D eigenvalue weighted by atomic mass is 9.97. The van der Waals surface area contributed by atoms with E-state index in [0.29, 0.717) is 18.4 Å². The molecule has 2 aliphatic rings. The molecule has 11 heavy (non-hydrogen) atoms. The van der Waals surface area contributed by atoms with Gasteiger partial charge in [-0.1, -0.05) is 12.8 Å². The Morgan fingerprint density at radius 1 is 1.27 bits per heavy atom. The van der Waals surface area contributed by atoms with Crippen molar-refractivity contribution in [3.8, 4) is 0 Å². The highest BCUT2D eigenvalue weighted by molar-refractivity contribution is 5.83. The van der Waals surface area contributed by atoms with Crippen LogP contribution in [-0.2, 0) is 4.79 Å². The van der Waals surface area contributed by atoms with Crippen molar-refractivity contribution in [3.05, 3.63) is 0 Å². The number of rotatable bonds is 1. The number of nitrogens with one attached hydrogen (secondary N) is 1. The number of ketones is 1. The van der Waals surface area contributed by atoms with E-state index in [4.69, 9.17) is 0 Å². The van der Waals surface area contributed by atoms with Gasteiger partial charge in [0.05, 0.1) is 6.54 Å². The second-order valence-corrected chi connectivity index (χ2v) is 3.77. The maximum atomic E-state index is 10.9. The van der Waals surface area contributed by atoms with Crippen LogP contribution in [0.1, 0.15) is 32.1 Å². The second kappa shape index (κ2) is 2.94. The summed E-state index contributed by atoms with van der Waals surface area (Å²) in [6.45, 7) is 0.626. The van der Waals surface area contributed by atoms with Crippen LogP contribution in [0.25, 0.3) is 0 Å². The standard InChI is InChI=1S/C9H15NO/c11-8-5-9(10-6-8)7-3-1-2-4-7/h7,9-10H,1-6H2. The maximum absolute atomic E-state index is 10.9. The summed E-state index contributed by atoms with van der Waals surface area (Å²) >= 11 is 0. The Labute approximate surface area is 67.4 Å². The van der Waals surface area contributed by atoms with Crippen LogP contribution in [0.4, 0.5) is 0 Å². The lowest BCUT2D eigenvalue weighted by Gasteiger charge is -2.16. The molecule has 1 aliphatic heterocycles.